The number of aryl methyl sites for hydroxylation is 1. The smallest absolute Gasteiger partial charge is 0.236 e. The van der Waals surface area contributed by atoms with Crippen molar-refractivity contribution in [3.8, 4) is 11.5 Å². The third-order valence-electron chi connectivity index (χ3n) is 6.37. The summed E-state index contributed by atoms with van der Waals surface area (Å²) in [6.45, 7) is 12.2. The van der Waals surface area contributed by atoms with Gasteiger partial charge in [0.05, 0.1) is 13.1 Å². The minimum atomic E-state index is -0.139. The number of piperazine rings is 1. The van der Waals surface area contributed by atoms with Crippen molar-refractivity contribution in [2.75, 3.05) is 57.3 Å². The third-order valence-corrected chi connectivity index (χ3v) is 6.37. The van der Waals surface area contributed by atoms with E-state index in [-0.39, 0.29) is 12.0 Å². The van der Waals surface area contributed by atoms with Crippen molar-refractivity contribution < 1.29 is 14.3 Å². The number of fused-ring (bicyclic) bond motifs is 1. The van der Waals surface area contributed by atoms with E-state index in [1.807, 2.05) is 36.1 Å². The highest BCUT2D eigenvalue weighted by Crippen LogP contribution is 2.31. The molecule has 2 aromatic carbocycles. The molecule has 166 valence electrons. The van der Waals surface area contributed by atoms with E-state index in [0.717, 1.165) is 37.7 Å². The molecule has 0 saturated carbocycles. The molecule has 1 atom stereocenters. The predicted octanol–water partition coefficient (Wildman–Crippen LogP) is 3.11. The Bertz CT molecular complexity index is 909. The summed E-state index contributed by atoms with van der Waals surface area (Å²) in [6.07, 6.45) is -0.139. The van der Waals surface area contributed by atoms with E-state index in [9.17, 15) is 4.79 Å². The van der Waals surface area contributed by atoms with E-state index in [2.05, 4.69) is 41.8 Å². The van der Waals surface area contributed by atoms with Crippen molar-refractivity contribution in [2.45, 2.75) is 26.9 Å². The van der Waals surface area contributed by atoms with Crippen LogP contribution in [-0.2, 0) is 4.79 Å². The number of carbonyl (C=O) groups excluding carboxylic acids is 1. The number of likely N-dealkylation sites (N-methyl/N-ethyl adjacent to an activating group) is 1. The zero-order valence-electron chi connectivity index (χ0n) is 18.8. The molecule has 0 spiro atoms. The molecule has 0 aromatic heterocycles. The summed E-state index contributed by atoms with van der Waals surface area (Å²) in [7, 11) is 0. The molecule has 6 heteroatoms. The highest BCUT2D eigenvalue weighted by Gasteiger charge is 2.27. The van der Waals surface area contributed by atoms with Crippen molar-refractivity contribution in [3.63, 3.8) is 0 Å². The number of rotatable bonds is 6. The Kier molecular flexibility index (Phi) is 6.66. The minimum absolute atomic E-state index is 0.139. The van der Waals surface area contributed by atoms with Crippen molar-refractivity contribution >= 4 is 11.6 Å². The van der Waals surface area contributed by atoms with Crippen molar-refractivity contribution in [2.24, 2.45) is 0 Å². The first-order valence-electron chi connectivity index (χ1n) is 11.2. The fraction of sp³-hybridized carbons (Fsp3) is 0.480. The van der Waals surface area contributed by atoms with Crippen LogP contribution in [0.25, 0.3) is 0 Å². The molecule has 2 aromatic rings. The second-order valence-corrected chi connectivity index (χ2v) is 8.41. The van der Waals surface area contributed by atoms with Gasteiger partial charge in [-0.15, -0.1) is 0 Å². The summed E-state index contributed by atoms with van der Waals surface area (Å²) < 4.78 is 11.9. The molecule has 0 bridgehead atoms. The average molecular weight is 424 g/mol. The van der Waals surface area contributed by atoms with Gasteiger partial charge in [-0.25, -0.2) is 0 Å². The van der Waals surface area contributed by atoms with E-state index in [4.69, 9.17) is 9.47 Å². The van der Waals surface area contributed by atoms with Gasteiger partial charge in [-0.1, -0.05) is 24.3 Å². The fourth-order valence-electron chi connectivity index (χ4n) is 4.32. The molecule has 0 aliphatic carbocycles. The van der Waals surface area contributed by atoms with Crippen LogP contribution in [0, 0.1) is 13.8 Å². The van der Waals surface area contributed by atoms with Crippen LogP contribution in [0.4, 0.5) is 5.69 Å². The van der Waals surface area contributed by atoms with Crippen molar-refractivity contribution in [1.82, 2.24) is 9.80 Å². The molecule has 0 radical (unpaired) electrons. The number of hydrogen-bond donors (Lipinski definition) is 0. The van der Waals surface area contributed by atoms with Gasteiger partial charge in [0.15, 0.2) is 17.6 Å². The van der Waals surface area contributed by atoms with Gasteiger partial charge in [-0.05, 0) is 50.1 Å². The second kappa shape index (κ2) is 9.60. The van der Waals surface area contributed by atoms with Crippen LogP contribution in [0.15, 0.2) is 42.5 Å². The maximum atomic E-state index is 13.0. The topological polar surface area (TPSA) is 45.3 Å². The van der Waals surface area contributed by atoms with Crippen LogP contribution in [0.2, 0.25) is 0 Å². The first-order valence-corrected chi connectivity index (χ1v) is 11.2. The van der Waals surface area contributed by atoms with Gasteiger partial charge in [0, 0.05) is 38.4 Å². The van der Waals surface area contributed by atoms with Crippen LogP contribution < -0.4 is 14.4 Å². The number of benzene rings is 2. The Labute approximate surface area is 185 Å². The lowest BCUT2D eigenvalue weighted by Crippen LogP contribution is -2.51. The average Bonchev–Trinajstić information content (AvgIpc) is 2.79. The van der Waals surface area contributed by atoms with Crippen LogP contribution >= 0.6 is 0 Å². The minimum Gasteiger partial charge on any atom is -0.486 e. The Morgan fingerprint density at radius 2 is 1.77 bits per heavy atom. The molecule has 2 aliphatic heterocycles. The van der Waals surface area contributed by atoms with E-state index < -0.39 is 0 Å². The Morgan fingerprint density at radius 3 is 2.52 bits per heavy atom. The van der Waals surface area contributed by atoms with Gasteiger partial charge in [0.25, 0.3) is 0 Å². The highest BCUT2D eigenvalue weighted by atomic mass is 16.6. The SMILES string of the molecule is CCN(C[C@@H]1COc2ccccc2O1)C(=O)CN1CCN(c2cccc(C)c2C)CC1. The molecule has 4 rings (SSSR count). The number of anilines is 1. The number of ether oxygens (including phenoxy) is 2. The molecular formula is C25H33N3O3. The normalized spacial score (nSPS) is 18.7. The van der Waals surface area contributed by atoms with Gasteiger partial charge in [-0.3, -0.25) is 9.69 Å². The van der Waals surface area contributed by atoms with Crippen LogP contribution in [0.3, 0.4) is 0 Å². The van der Waals surface area contributed by atoms with Gasteiger partial charge in [-0.2, -0.15) is 0 Å². The third kappa shape index (κ3) is 4.96. The maximum absolute atomic E-state index is 13.0. The number of hydrogen-bond acceptors (Lipinski definition) is 5. The first-order chi connectivity index (χ1) is 15.0. The molecule has 6 nitrogen and oxygen atoms in total. The first kappa shape index (κ1) is 21.5. The number of carbonyl (C=O) groups is 1. The number of amides is 1. The molecule has 31 heavy (non-hydrogen) atoms. The molecule has 2 heterocycles. The lowest BCUT2D eigenvalue weighted by molar-refractivity contribution is -0.133. The molecule has 0 N–H and O–H groups in total. The lowest BCUT2D eigenvalue weighted by Gasteiger charge is -2.38. The lowest BCUT2D eigenvalue weighted by atomic mass is 10.1. The van der Waals surface area contributed by atoms with E-state index >= 15 is 0 Å². The predicted molar refractivity (Wildman–Crippen MR) is 123 cm³/mol. The van der Waals surface area contributed by atoms with Crippen molar-refractivity contribution in [1.29, 1.82) is 0 Å². The van der Waals surface area contributed by atoms with E-state index in [1.54, 1.807) is 0 Å². The van der Waals surface area contributed by atoms with Crippen LogP contribution in [0.1, 0.15) is 18.1 Å². The summed E-state index contributed by atoms with van der Waals surface area (Å²) in [5, 5.41) is 0. The van der Waals surface area contributed by atoms with E-state index in [0.29, 0.717) is 26.2 Å². The highest BCUT2D eigenvalue weighted by molar-refractivity contribution is 5.78. The Balaban J connectivity index is 1.28. The largest absolute Gasteiger partial charge is 0.486 e. The van der Waals surface area contributed by atoms with Gasteiger partial charge in [0.1, 0.15) is 6.61 Å². The Hall–Kier alpha value is -2.73. The molecule has 0 unspecified atom stereocenters. The summed E-state index contributed by atoms with van der Waals surface area (Å²) in [5.74, 6) is 1.69. The fourth-order valence-corrected chi connectivity index (χ4v) is 4.32. The molecular weight excluding hydrogens is 390 g/mol. The monoisotopic (exact) mass is 423 g/mol. The second-order valence-electron chi connectivity index (χ2n) is 8.41. The standard InChI is InChI=1S/C25H33N3O3/c1-4-27(16-21-18-30-23-10-5-6-11-24(23)31-21)25(29)17-26-12-14-28(15-13-26)22-9-7-8-19(2)20(22)3/h5-11,21H,4,12-18H2,1-3H3/t21-/m1/s1. The number of para-hydroxylation sites is 2. The van der Waals surface area contributed by atoms with Crippen molar-refractivity contribution in [3.05, 3.63) is 53.6 Å². The summed E-state index contributed by atoms with van der Waals surface area (Å²) >= 11 is 0. The summed E-state index contributed by atoms with van der Waals surface area (Å²) in [4.78, 5) is 19.6. The molecule has 2 aliphatic rings. The van der Waals surface area contributed by atoms with Gasteiger partial charge in [0.2, 0.25) is 5.91 Å². The summed E-state index contributed by atoms with van der Waals surface area (Å²) in [6, 6.07) is 14.2. The maximum Gasteiger partial charge on any atom is 0.236 e. The van der Waals surface area contributed by atoms with E-state index in [1.165, 1.54) is 16.8 Å². The van der Waals surface area contributed by atoms with Gasteiger partial charge >= 0.3 is 0 Å². The molecule has 1 fully saturated rings. The number of nitrogens with zero attached hydrogens (tertiary/aromatic N) is 3. The van der Waals surface area contributed by atoms with Gasteiger partial charge < -0.3 is 19.3 Å². The quantitative estimate of drug-likeness (QED) is 0.714. The Morgan fingerprint density at radius 1 is 1.03 bits per heavy atom. The molecule has 1 amide bonds. The zero-order valence-corrected chi connectivity index (χ0v) is 18.8. The summed E-state index contributed by atoms with van der Waals surface area (Å²) in [5.41, 5.74) is 3.99. The van der Waals surface area contributed by atoms with Crippen LogP contribution in [-0.4, -0.2) is 74.2 Å². The molecule has 1 saturated heterocycles. The zero-order chi connectivity index (χ0) is 21.8. The van der Waals surface area contributed by atoms with Crippen LogP contribution in [0.5, 0.6) is 11.5 Å².